The molecule has 1 aromatic heterocycles. The summed E-state index contributed by atoms with van der Waals surface area (Å²) in [6, 6.07) is 6.33. The zero-order chi connectivity index (χ0) is 14.0. The highest BCUT2D eigenvalue weighted by Crippen LogP contribution is 2.29. The summed E-state index contributed by atoms with van der Waals surface area (Å²) in [7, 11) is 0. The van der Waals surface area contributed by atoms with E-state index >= 15 is 0 Å². The lowest BCUT2D eigenvalue weighted by molar-refractivity contribution is 0.217. The van der Waals surface area contributed by atoms with Crippen molar-refractivity contribution < 1.29 is 4.74 Å². The van der Waals surface area contributed by atoms with Gasteiger partial charge < -0.3 is 15.0 Å². The summed E-state index contributed by atoms with van der Waals surface area (Å²) in [5.74, 6) is 0.935. The molecule has 1 aromatic carbocycles. The predicted molar refractivity (Wildman–Crippen MR) is 80.6 cm³/mol. The number of rotatable bonds is 5. The van der Waals surface area contributed by atoms with E-state index in [1.807, 2.05) is 0 Å². The van der Waals surface area contributed by atoms with Gasteiger partial charge in [0.2, 0.25) is 0 Å². The van der Waals surface area contributed by atoms with Crippen molar-refractivity contribution in [2.45, 2.75) is 53.3 Å². The molecule has 3 nitrogen and oxygen atoms in total. The number of nitrogens with zero attached hydrogens (tertiary/aromatic N) is 1. The van der Waals surface area contributed by atoms with Crippen molar-refractivity contribution in [1.29, 1.82) is 0 Å². The highest BCUT2D eigenvalue weighted by Gasteiger charge is 2.13. The van der Waals surface area contributed by atoms with Gasteiger partial charge in [-0.1, -0.05) is 6.92 Å². The number of hydrogen-bond acceptors (Lipinski definition) is 2. The van der Waals surface area contributed by atoms with Gasteiger partial charge >= 0.3 is 0 Å². The fraction of sp³-hybridized carbons (Fsp3) is 0.500. The van der Waals surface area contributed by atoms with E-state index in [1.165, 1.54) is 22.2 Å². The molecule has 19 heavy (non-hydrogen) atoms. The molecule has 0 aliphatic rings. The zero-order valence-corrected chi connectivity index (χ0v) is 12.4. The molecule has 0 amide bonds. The monoisotopic (exact) mass is 260 g/mol. The highest BCUT2D eigenvalue weighted by atomic mass is 16.5. The third-order valence-corrected chi connectivity index (χ3v) is 3.86. The van der Waals surface area contributed by atoms with Gasteiger partial charge in [0.1, 0.15) is 5.75 Å². The maximum Gasteiger partial charge on any atom is 0.120 e. The Balaban J connectivity index is 2.52. The molecule has 0 fully saturated rings. The number of fused-ring (bicyclic) bond motifs is 1. The maximum absolute atomic E-state index is 5.91. The maximum atomic E-state index is 5.91. The fourth-order valence-electron chi connectivity index (χ4n) is 2.58. The molecule has 1 atom stereocenters. The summed E-state index contributed by atoms with van der Waals surface area (Å²) in [6.45, 7) is 10.1. The molecule has 0 spiro atoms. The van der Waals surface area contributed by atoms with Crippen molar-refractivity contribution in [2.24, 2.45) is 5.73 Å². The molecule has 0 aliphatic heterocycles. The molecule has 0 aliphatic carbocycles. The second kappa shape index (κ2) is 5.66. The van der Waals surface area contributed by atoms with E-state index < -0.39 is 0 Å². The van der Waals surface area contributed by atoms with Crippen LogP contribution in [0.1, 0.15) is 38.4 Å². The van der Waals surface area contributed by atoms with Crippen LogP contribution in [0.5, 0.6) is 5.75 Å². The first-order valence-corrected chi connectivity index (χ1v) is 7.10. The summed E-state index contributed by atoms with van der Waals surface area (Å²) in [5, 5.41) is 1.22. The Morgan fingerprint density at radius 2 is 2.05 bits per heavy atom. The van der Waals surface area contributed by atoms with Crippen LogP contribution in [0.4, 0.5) is 0 Å². The minimum Gasteiger partial charge on any atom is -0.491 e. The van der Waals surface area contributed by atoms with Crippen molar-refractivity contribution >= 4 is 10.9 Å². The molecule has 1 heterocycles. The van der Waals surface area contributed by atoms with Gasteiger partial charge in [0.05, 0.1) is 6.10 Å². The SMILES string of the molecule is CC[C@H](C)Oc1ccc2c(c1)c(CN)c(C)n2CC. The molecule has 2 N–H and O–H groups in total. The van der Waals surface area contributed by atoms with Gasteiger partial charge in [0.25, 0.3) is 0 Å². The molecule has 0 bridgehead atoms. The number of ether oxygens (including phenoxy) is 1. The largest absolute Gasteiger partial charge is 0.491 e. The van der Waals surface area contributed by atoms with E-state index in [9.17, 15) is 0 Å². The van der Waals surface area contributed by atoms with Gasteiger partial charge in [-0.05, 0) is 51.0 Å². The normalized spacial score (nSPS) is 12.9. The lowest BCUT2D eigenvalue weighted by atomic mass is 10.1. The molecule has 0 radical (unpaired) electrons. The lowest BCUT2D eigenvalue weighted by Gasteiger charge is -2.12. The molecule has 104 valence electrons. The average molecular weight is 260 g/mol. The molecule has 0 unspecified atom stereocenters. The first kappa shape index (κ1) is 13.9. The average Bonchev–Trinajstić information content (AvgIpc) is 2.68. The summed E-state index contributed by atoms with van der Waals surface area (Å²) in [4.78, 5) is 0. The molecule has 0 saturated carbocycles. The number of nitrogens with two attached hydrogens (primary N) is 1. The zero-order valence-electron chi connectivity index (χ0n) is 12.4. The van der Waals surface area contributed by atoms with Gasteiger partial charge in [-0.15, -0.1) is 0 Å². The summed E-state index contributed by atoms with van der Waals surface area (Å²) in [5.41, 5.74) is 9.65. The van der Waals surface area contributed by atoms with E-state index in [4.69, 9.17) is 10.5 Å². The van der Waals surface area contributed by atoms with E-state index in [1.54, 1.807) is 0 Å². The summed E-state index contributed by atoms with van der Waals surface area (Å²) >= 11 is 0. The third kappa shape index (κ3) is 2.47. The van der Waals surface area contributed by atoms with Crippen LogP contribution in [0, 0.1) is 6.92 Å². The molecule has 2 aromatic rings. The number of aryl methyl sites for hydroxylation is 1. The van der Waals surface area contributed by atoms with Gasteiger partial charge in [0.15, 0.2) is 0 Å². The van der Waals surface area contributed by atoms with Crippen LogP contribution in [0.2, 0.25) is 0 Å². The third-order valence-electron chi connectivity index (χ3n) is 3.86. The van der Waals surface area contributed by atoms with Gasteiger partial charge in [-0.3, -0.25) is 0 Å². The Morgan fingerprint density at radius 1 is 1.32 bits per heavy atom. The van der Waals surface area contributed by atoms with Crippen LogP contribution in [0.25, 0.3) is 10.9 Å². The smallest absolute Gasteiger partial charge is 0.120 e. The second-order valence-corrected chi connectivity index (χ2v) is 5.03. The highest BCUT2D eigenvalue weighted by molar-refractivity contribution is 5.86. The van der Waals surface area contributed by atoms with E-state index in [0.29, 0.717) is 6.54 Å². The number of benzene rings is 1. The van der Waals surface area contributed by atoms with E-state index in [0.717, 1.165) is 18.7 Å². The van der Waals surface area contributed by atoms with E-state index in [2.05, 4.69) is 50.5 Å². The molecule has 3 heteroatoms. The van der Waals surface area contributed by atoms with Crippen LogP contribution >= 0.6 is 0 Å². The van der Waals surface area contributed by atoms with Crippen LogP contribution in [0.3, 0.4) is 0 Å². The molecule has 2 rings (SSSR count). The van der Waals surface area contributed by atoms with E-state index in [-0.39, 0.29) is 6.10 Å². The quantitative estimate of drug-likeness (QED) is 0.892. The van der Waals surface area contributed by atoms with Gasteiger partial charge in [0, 0.05) is 29.7 Å². The molecular formula is C16H24N2O. The Hall–Kier alpha value is -1.48. The Kier molecular flexibility index (Phi) is 4.15. The second-order valence-electron chi connectivity index (χ2n) is 5.03. The standard InChI is InChI=1S/C16H24N2O/c1-5-11(3)19-13-7-8-16-14(9-13)15(10-17)12(4)18(16)6-2/h7-9,11H,5-6,10,17H2,1-4H3/t11-/m0/s1. The predicted octanol–water partition coefficient (Wildman–Crippen LogP) is 3.61. The van der Waals surface area contributed by atoms with Crippen molar-refractivity contribution in [3.05, 3.63) is 29.5 Å². The van der Waals surface area contributed by atoms with Crippen LogP contribution in [-0.2, 0) is 13.1 Å². The minimum atomic E-state index is 0.244. The first-order chi connectivity index (χ1) is 9.12. The van der Waals surface area contributed by atoms with Crippen molar-refractivity contribution in [2.75, 3.05) is 0 Å². The topological polar surface area (TPSA) is 40.2 Å². The summed E-state index contributed by atoms with van der Waals surface area (Å²) in [6.07, 6.45) is 1.25. The van der Waals surface area contributed by atoms with Crippen molar-refractivity contribution in [3.63, 3.8) is 0 Å². The lowest BCUT2D eigenvalue weighted by Crippen LogP contribution is -2.09. The van der Waals surface area contributed by atoms with Crippen LogP contribution in [0.15, 0.2) is 18.2 Å². The Morgan fingerprint density at radius 3 is 2.63 bits per heavy atom. The summed E-state index contributed by atoms with van der Waals surface area (Å²) < 4.78 is 8.21. The first-order valence-electron chi connectivity index (χ1n) is 7.10. The van der Waals surface area contributed by atoms with Crippen LogP contribution < -0.4 is 10.5 Å². The molecular weight excluding hydrogens is 236 g/mol. The van der Waals surface area contributed by atoms with Crippen LogP contribution in [-0.4, -0.2) is 10.7 Å². The van der Waals surface area contributed by atoms with Gasteiger partial charge in [-0.25, -0.2) is 0 Å². The van der Waals surface area contributed by atoms with Crippen molar-refractivity contribution in [1.82, 2.24) is 4.57 Å². The Bertz CT molecular complexity index is 572. The number of hydrogen-bond donors (Lipinski definition) is 1. The number of aromatic nitrogens is 1. The minimum absolute atomic E-state index is 0.244. The Labute approximate surface area is 115 Å². The van der Waals surface area contributed by atoms with Gasteiger partial charge in [-0.2, -0.15) is 0 Å². The van der Waals surface area contributed by atoms with Crippen molar-refractivity contribution in [3.8, 4) is 5.75 Å². The fourth-order valence-corrected chi connectivity index (χ4v) is 2.58. The molecule has 0 saturated heterocycles.